The molecule has 7 heteroatoms. The Bertz CT molecular complexity index is 634. The number of hydrogen-bond donors (Lipinski definition) is 1. The lowest BCUT2D eigenvalue weighted by Gasteiger charge is -2.21. The van der Waals surface area contributed by atoms with Crippen molar-refractivity contribution in [2.75, 3.05) is 6.61 Å². The van der Waals surface area contributed by atoms with Crippen LogP contribution in [0.3, 0.4) is 0 Å². The minimum Gasteiger partial charge on any atom is -0.396 e. The second-order valence-corrected chi connectivity index (χ2v) is 5.13. The van der Waals surface area contributed by atoms with E-state index in [-0.39, 0.29) is 12.5 Å². The Hall–Kier alpha value is -1.89. The van der Waals surface area contributed by atoms with Crippen molar-refractivity contribution in [3.05, 3.63) is 35.7 Å². The summed E-state index contributed by atoms with van der Waals surface area (Å²) in [6.45, 7) is 0.723. The standard InChI is InChI=1S/C14H14F3N3O/c15-14(16,17)11-5-3-9(4-6-11)12-18-19-13-10(8-21)2-1-7-20(12)13/h3-6,10,21H,1-2,7-8H2. The van der Waals surface area contributed by atoms with E-state index < -0.39 is 11.7 Å². The fourth-order valence-corrected chi connectivity index (χ4v) is 2.66. The molecule has 3 rings (SSSR count). The van der Waals surface area contributed by atoms with Gasteiger partial charge in [-0.3, -0.25) is 0 Å². The first-order chi connectivity index (χ1) is 10.0. The first kappa shape index (κ1) is 14.1. The van der Waals surface area contributed by atoms with Gasteiger partial charge >= 0.3 is 6.18 Å². The minimum atomic E-state index is -4.34. The van der Waals surface area contributed by atoms with Crippen LogP contribution in [-0.2, 0) is 12.7 Å². The predicted octanol–water partition coefficient (Wildman–Crippen LogP) is 2.83. The molecular formula is C14H14F3N3O. The van der Waals surface area contributed by atoms with Crippen molar-refractivity contribution in [1.29, 1.82) is 0 Å². The molecule has 0 bridgehead atoms. The van der Waals surface area contributed by atoms with Crippen LogP contribution in [0.25, 0.3) is 11.4 Å². The Morgan fingerprint density at radius 2 is 1.90 bits per heavy atom. The Morgan fingerprint density at radius 1 is 1.19 bits per heavy atom. The molecule has 1 N–H and O–H groups in total. The van der Waals surface area contributed by atoms with Crippen LogP contribution in [0.4, 0.5) is 13.2 Å². The van der Waals surface area contributed by atoms with Crippen molar-refractivity contribution in [3.8, 4) is 11.4 Å². The van der Waals surface area contributed by atoms with Gasteiger partial charge in [-0.05, 0) is 25.0 Å². The average molecular weight is 297 g/mol. The lowest BCUT2D eigenvalue weighted by atomic mass is 9.99. The highest BCUT2D eigenvalue weighted by atomic mass is 19.4. The topological polar surface area (TPSA) is 50.9 Å². The molecule has 112 valence electrons. The van der Waals surface area contributed by atoms with E-state index in [2.05, 4.69) is 10.2 Å². The molecule has 4 nitrogen and oxygen atoms in total. The van der Waals surface area contributed by atoms with Gasteiger partial charge in [0.25, 0.3) is 0 Å². The van der Waals surface area contributed by atoms with Gasteiger partial charge in [-0.25, -0.2) is 0 Å². The Labute approximate surface area is 119 Å². The van der Waals surface area contributed by atoms with Crippen LogP contribution in [0, 0.1) is 0 Å². The quantitative estimate of drug-likeness (QED) is 0.927. The number of benzene rings is 1. The zero-order valence-corrected chi connectivity index (χ0v) is 11.1. The molecule has 1 unspecified atom stereocenters. The second-order valence-electron chi connectivity index (χ2n) is 5.13. The van der Waals surface area contributed by atoms with Crippen molar-refractivity contribution >= 4 is 0 Å². The van der Waals surface area contributed by atoms with Gasteiger partial charge in [0.1, 0.15) is 5.82 Å². The maximum absolute atomic E-state index is 12.6. The molecule has 0 saturated carbocycles. The molecule has 1 aromatic carbocycles. The van der Waals surface area contributed by atoms with E-state index in [1.807, 2.05) is 4.57 Å². The molecule has 0 aliphatic carbocycles. The summed E-state index contributed by atoms with van der Waals surface area (Å²) >= 11 is 0. The summed E-state index contributed by atoms with van der Waals surface area (Å²) in [6.07, 6.45) is -2.60. The predicted molar refractivity (Wildman–Crippen MR) is 69.5 cm³/mol. The van der Waals surface area contributed by atoms with Crippen LogP contribution in [0.5, 0.6) is 0 Å². The van der Waals surface area contributed by atoms with Crippen LogP contribution in [-0.4, -0.2) is 26.5 Å². The van der Waals surface area contributed by atoms with E-state index in [4.69, 9.17) is 0 Å². The van der Waals surface area contributed by atoms with Crippen molar-refractivity contribution in [1.82, 2.24) is 14.8 Å². The normalized spacial score (nSPS) is 18.6. The summed E-state index contributed by atoms with van der Waals surface area (Å²) < 4.78 is 39.6. The summed E-state index contributed by atoms with van der Waals surface area (Å²) in [5.41, 5.74) is -0.0850. The molecule has 0 spiro atoms. The van der Waals surface area contributed by atoms with Crippen LogP contribution in [0.1, 0.15) is 30.1 Å². The Balaban J connectivity index is 1.97. The van der Waals surface area contributed by atoms with Crippen LogP contribution in [0.15, 0.2) is 24.3 Å². The summed E-state index contributed by atoms with van der Waals surface area (Å²) in [5.74, 6) is 1.21. The number of rotatable bonds is 2. The molecule has 1 atom stereocenters. The number of alkyl halides is 3. The van der Waals surface area contributed by atoms with Gasteiger partial charge in [-0.15, -0.1) is 10.2 Å². The fraction of sp³-hybridized carbons (Fsp3) is 0.429. The number of nitrogens with zero attached hydrogens (tertiary/aromatic N) is 3. The third-order valence-corrected chi connectivity index (χ3v) is 3.77. The molecular weight excluding hydrogens is 283 g/mol. The van der Waals surface area contributed by atoms with Crippen LogP contribution in [0.2, 0.25) is 0 Å². The number of hydrogen-bond acceptors (Lipinski definition) is 3. The zero-order valence-electron chi connectivity index (χ0n) is 11.1. The van der Waals surface area contributed by atoms with Crippen LogP contribution < -0.4 is 0 Å². The molecule has 1 aliphatic heterocycles. The first-order valence-corrected chi connectivity index (χ1v) is 6.72. The summed E-state index contributed by atoms with van der Waals surface area (Å²) in [4.78, 5) is 0. The molecule has 1 aliphatic rings. The highest BCUT2D eigenvalue weighted by molar-refractivity contribution is 5.56. The molecule has 2 aromatic rings. The van der Waals surface area contributed by atoms with Crippen molar-refractivity contribution < 1.29 is 18.3 Å². The molecule has 0 fully saturated rings. The lowest BCUT2D eigenvalue weighted by Crippen LogP contribution is -2.19. The summed E-state index contributed by atoms with van der Waals surface area (Å²) in [6, 6.07) is 4.90. The number of aromatic nitrogens is 3. The highest BCUT2D eigenvalue weighted by Gasteiger charge is 2.30. The average Bonchev–Trinajstić information content (AvgIpc) is 2.90. The third-order valence-electron chi connectivity index (χ3n) is 3.77. The fourth-order valence-electron chi connectivity index (χ4n) is 2.66. The maximum atomic E-state index is 12.6. The van der Waals surface area contributed by atoms with E-state index in [0.717, 1.165) is 31.5 Å². The zero-order chi connectivity index (χ0) is 15.0. The molecule has 2 heterocycles. The maximum Gasteiger partial charge on any atom is 0.416 e. The van der Waals surface area contributed by atoms with Gasteiger partial charge in [-0.1, -0.05) is 12.1 Å². The van der Waals surface area contributed by atoms with Gasteiger partial charge in [0.15, 0.2) is 5.82 Å². The summed E-state index contributed by atoms with van der Waals surface area (Å²) in [5, 5.41) is 17.5. The van der Waals surface area contributed by atoms with Gasteiger partial charge < -0.3 is 9.67 Å². The Morgan fingerprint density at radius 3 is 2.52 bits per heavy atom. The van der Waals surface area contributed by atoms with E-state index >= 15 is 0 Å². The van der Waals surface area contributed by atoms with E-state index in [9.17, 15) is 18.3 Å². The Kier molecular flexibility index (Phi) is 3.44. The van der Waals surface area contributed by atoms with E-state index in [1.165, 1.54) is 12.1 Å². The van der Waals surface area contributed by atoms with Crippen molar-refractivity contribution in [2.45, 2.75) is 31.5 Å². The second kappa shape index (κ2) is 5.14. The largest absolute Gasteiger partial charge is 0.416 e. The first-order valence-electron chi connectivity index (χ1n) is 6.72. The van der Waals surface area contributed by atoms with Gasteiger partial charge in [-0.2, -0.15) is 13.2 Å². The van der Waals surface area contributed by atoms with Crippen molar-refractivity contribution in [3.63, 3.8) is 0 Å². The number of aliphatic hydroxyl groups is 1. The summed E-state index contributed by atoms with van der Waals surface area (Å²) in [7, 11) is 0. The third kappa shape index (κ3) is 2.53. The molecule has 1 aromatic heterocycles. The van der Waals surface area contributed by atoms with E-state index in [1.54, 1.807) is 0 Å². The monoisotopic (exact) mass is 297 g/mol. The van der Waals surface area contributed by atoms with E-state index in [0.29, 0.717) is 17.2 Å². The number of fused-ring (bicyclic) bond motifs is 1. The number of halogens is 3. The molecule has 0 amide bonds. The highest BCUT2D eigenvalue weighted by Crippen LogP contribution is 2.32. The smallest absolute Gasteiger partial charge is 0.396 e. The van der Waals surface area contributed by atoms with Crippen molar-refractivity contribution in [2.24, 2.45) is 0 Å². The van der Waals surface area contributed by atoms with Gasteiger partial charge in [0, 0.05) is 18.0 Å². The molecule has 21 heavy (non-hydrogen) atoms. The minimum absolute atomic E-state index is 0.00510. The molecule has 0 radical (unpaired) electrons. The lowest BCUT2D eigenvalue weighted by molar-refractivity contribution is -0.137. The van der Waals surface area contributed by atoms with Gasteiger partial charge in [0.05, 0.1) is 12.2 Å². The number of aliphatic hydroxyl groups excluding tert-OH is 1. The SMILES string of the molecule is OCC1CCCn2c(-c3ccc(C(F)(F)F)cc3)nnc21. The molecule has 0 saturated heterocycles. The van der Waals surface area contributed by atoms with Gasteiger partial charge in [0.2, 0.25) is 0 Å². The van der Waals surface area contributed by atoms with Crippen LogP contribution >= 0.6 is 0 Å².